The van der Waals surface area contributed by atoms with E-state index in [1.807, 2.05) is 5.32 Å². The van der Waals surface area contributed by atoms with E-state index < -0.39 is 41.1 Å². The molecule has 2 rings (SSSR count). The molecule has 0 aliphatic carbocycles. The number of carbonyl (C=O) groups excluding carboxylic acids is 2. The van der Waals surface area contributed by atoms with Crippen LogP contribution in [0.15, 0.2) is 36.4 Å². The van der Waals surface area contributed by atoms with Gasteiger partial charge in [-0.05, 0) is 36.8 Å². The average molecular weight is 353 g/mol. The van der Waals surface area contributed by atoms with Crippen molar-refractivity contribution in [3.05, 3.63) is 65.0 Å². The summed E-state index contributed by atoms with van der Waals surface area (Å²) >= 11 is 0. The molecule has 0 spiro atoms. The van der Waals surface area contributed by atoms with Crippen molar-refractivity contribution >= 4 is 17.6 Å². The van der Waals surface area contributed by atoms with Gasteiger partial charge in [-0.25, -0.2) is 18.0 Å². The molecule has 132 valence electrons. The zero-order chi connectivity index (χ0) is 18.6. The molecule has 0 unspecified atom stereocenters. The summed E-state index contributed by atoms with van der Waals surface area (Å²) in [6.07, 6.45) is -1.31. The van der Waals surface area contributed by atoms with E-state index >= 15 is 0 Å². The molecule has 0 aromatic heterocycles. The number of hydrogen-bond donors (Lipinski definition) is 2. The molecule has 0 aliphatic heterocycles. The molecule has 2 aromatic rings. The molecule has 0 saturated heterocycles. The number of hydrogen-bond acceptors (Lipinski definition) is 4. The number of amides is 1. The maximum absolute atomic E-state index is 13.5. The Labute approximate surface area is 141 Å². The highest BCUT2D eigenvalue weighted by atomic mass is 19.2. The number of anilines is 1. The molecule has 0 radical (unpaired) electrons. The number of carbonyl (C=O) groups is 2. The summed E-state index contributed by atoms with van der Waals surface area (Å²) < 4.78 is 44.4. The summed E-state index contributed by atoms with van der Waals surface area (Å²) in [7, 11) is 0. The molecule has 2 N–H and O–H groups in total. The highest BCUT2D eigenvalue weighted by molar-refractivity contribution is 5.97. The van der Waals surface area contributed by atoms with Crippen molar-refractivity contribution in [3.8, 4) is 0 Å². The lowest BCUT2D eigenvalue weighted by molar-refractivity contribution is -0.123. The minimum absolute atomic E-state index is 0.149. The molecule has 5 nitrogen and oxygen atoms in total. The molecule has 0 heterocycles. The van der Waals surface area contributed by atoms with Gasteiger partial charge in [-0.3, -0.25) is 4.79 Å². The number of benzene rings is 2. The van der Waals surface area contributed by atoms with E-state index in [1.165, 1.54) is 31.2 Å². The molecular weight excluding hydrogens is 339 g/mol. The molecule has 25 heavy (non-hydrogen) atoms. The van der Waals surface area contributed by atoms with Gasteiger partial charge in [-0.15, -0.1) is 0 Å². The van der Waals surface area contributed by atoms with Crippen molar-refractivity contribution in [1.29, 1.82) is 0 Å². The minimum Gasteiger partial charge on any atom is -0.449 e. The van der Waals surface area contributed by atoms with Gasteiger partial charge in [0.15, 0.2) is 23.6 Å². The number of aliphatic hydroxyl groups excluding tert-OH is 1. The summed E-state index contributed by atoms with van der Waals surface area (Å²) in [6.45, 7) is 1.06. The Morgan fingerprint density at radius 1 is 1.08 bits per heavy atom. The second-order valence-electron chi connectivity index (χ2n) is 5.11. The lowest BCUT2D eigenvalue weighted by Crippen LogP contribution is -2.30. The maximum atomic E-state index is 13.5. The van der Waals surface area contributed by atoms with Crippen LogP contribution in [0.1, 0.15) is 22.8 Å². The normalized spacial score (nSPS) is 11.7. The molecule has 0 aliphatic rings. The molecule has 1 amide bonds. The fourth-order valence-corrected chi connectivity index (χ4v) is 1.89. The van der Waals surface area contributed by atoms with Crippen molar-refractivity contribution in [3.63, 3.8) is 0 Å². The fourth-order valence-electron chi connectivity index (χ4n) is 1.89. The van der Waals surface area contributed by atoms with Gasteiger partial charge in [0.05, 0.1) is 17.9 Å². The first kappa shape index (κ1) is 18.5. The van der Waals surface area contributed by atoms with E-state index in [0.29, 0.717) is 11.6 Å². The van der Waals surface area contributed by atoms with Crippen molar-refractivity contribution in [2.24, 2.45) is 0 Å². The maximum Gasteiger partial charge on any atom is 0.338 e. The van der Waals surface area contributed by atoms with Gasteiger partial charge in [0.1, 0.15) is 0 Å². The van der Waals surface area contributed by atoms with Crippen LogP contribution in [0.3, 0.4) is 0 Å². The first-order valence-electron chi connectivity index (χ1n) is 7.18. The summed E-state index contributed by atoms with van der Waals surface area (Å²) in [4.78, 5) is 23.9. The molecule has 0 fully saturated rings. The minimum atomic E-state index is -1.72. The first-order valence-corrected chi connectivity index (χ1v) is 7.18. The van der Waals surface area contributed by atoms with Crippen LogP contribution in [0.25, 0.3) is 0 Å². The van der Waals surface area contributed by atoms with Gasteiger partial charge in [0.25, 0.3) is 5.91 Å². The SMILES string of the molecule is C[C@@H](OC(=O)c1ccc(CO)cc1)C(=O)Nc1ccc(F)c(F)c1F. The Kier molecular flexibility index (Phi) is 5.76. The van der Waals surface area contributed by atoms with Crippen molar-refractivity contribution in [2.45, 2.75) is 19.6 Å². The average Bonchev–Trinajstić information content (AvgIpc) is 2.62. The number of esters is 1. The van der Waals surface area contributed by atoms with Crippen LogP contribution in [0.2, 0.25) is 0 Å². The van der Waals surface area contributed by atoms with E-state index in [-0.39, 0.29) is 12.2 Å². The van der Waals surface area contributed by atoms with Crippen molar-refractivity contribution < 1.29 is 32.6 Å². The molecule has 2 aromatic carbocycles. The van der Waals surface area contributed by atoms with E-state index in [4.69, 9.17) is 9.84 Å². The predicted molar refractivity (Wildman–Crippen MR) is 82.2 cm³/mol. The van der Waals surface area contributed by atoms with Gasteiger partial charge < -0.3 is 15.2 Å². The van der Waals surface area contributed by atoms with Crippen LogP contribution in [-0.2, 0) is 16.1 Å². The Balaban J connectivity index is 2.02. The van der Waals surface area contributed by atoms with Crippen LogP contribution in [0.4, 0.5) is 18.9 Å². The summed E-state index contributed by atoms with van der Waals surface area (Å²) in [5, 5.41) is 11.0. The van der Waals surface area contributed by atoms with E-state index in [2.05, 4.69) is 0 Å². The van der Waals surface area contributed by atoms with E-state index in [9.17, 15) is 22.8 Å². The number of ether oxygens (including phenoxy) is 1. The highest BCUT2D eigenvalue weighted by Crippen LogP contribution is 2.20. The van der Waals surface area contributed by atoms with Crippen molar-refractivity contribution in [2.75, 3.05) is 5.32 Å². The smallest absolute Gasteiger partial charge is 0.338 e. The second kappa shape index (κ2) is 7.80. The van der Waals surface area contributed by atoms with Gasteiger partial charge in [0.2, 0.25) is 0 Å². The lowest BCUT2D eigenvalue weighted by Gasteiger charge is -2.14. The zero-order valence-electron chi connectivity index (χ0n) is 13.1. The van der Waals surface area contributed by atoms with Crippen molar-refractivity contribution in [1.82, 2.24) is 0 Å². The summed E-state index contributed by atoms with van der Waals surface area (Å²) in [5.74, 6) is -6.37. The molecule has 1 atom stereocenters. The monoisotopic (exact) mass is 353 g/mol. The molecular formula is C17H14F3NO4. The second-order valence-corrected chi connectivity index (χ2v) is 5.11. The summed E-state index contributed by atoms with van der Waals surface area (Å²) in [6, 6.07) is 7.36. The highest BCUT2D eigenvalue weighted by Gasteiger charge is 2.21. The number of rotatable bonds is 5. The zero-order valence-corrected chi connectivity index (χ0v) is 13.1. The Morgan fingerprint density at radius 2 is 1.72 bits per heavy atom. The number of halogens is 3. The van der Waals surface area contributed by atoms with E-state index in [1.54, 1.807) is 0 Å². The Bertz CT molecular complexity index is 793. The lowest BCUT2D eigenvalue weighted by atomic mass is 10.1. The van der Waals surface area contributed by atoms with Crippen LogP contribution < -0.4 is 5.32 Å². The van der Waals surface area contributed by atoms with Crippen LogP contribution in [0, 0.1) is 17.5 Å². The van der Waals surface area contributed by atoms with Crippen LogP contribution in [-0.4, -0.2) is 23.1 Å². The van der Waals surface area contributed by atoms with Gasteiger partial charge >= 0.3 is 5.97 Å². The predicted octanol–water partition coefficient (Wildman–Crippen LogP) is 2.78. The number of nitrogens with one attached hydrogen (secondary N) is 1. The van der Waals surface area contributed by atoms with Crippen LogP contribution >= 0.6 is 0 Å². The van der Waals surface area contributed by atoms with Gasteiger partial charge in [-0.2, -0.15) is 0 Å². The van der Waals surface area contributed by atoms with Gasteiger partial charge in [0, 0.05) is 0 Å². The van der Waals surface area contributed by atoms with E-state index in [0.717, 1.165) is 6.07 Å². The molecule has 8 heteroatoms. The molecule has 0 bridgehead atoms. The topological polar surface area (TPSA) is 75.6 Å². The largest absolute Gasteiger partial charge is 0.449 e. The van der Waals surface area contributed by atoms with Crippen LogP contribution in [0.5, 0.6) is 0 Å². The standard InChI is InChI=1S/C17H14F3NO4/c1-9(25-17(24)11-4-2-10(8-22)3-5-11)16(23)21-13-7-6-12(18)14(19)15(13)20/h2-7,9,22H,8H2,1H3,(H,21,23)/t9-/m1/s1. The molecule has 0 saturated carbocycles. The Morgan fingerprint density at radius 3 is 2.32 bits per heavy atom. The summed E-state index contributed by atoms with van der Waals surface area (Å²) in [5.41, 5.74) is 0.172. The third-order valence-corrected chi connectivity index (χ3v) is 3.32. The first-order chi connectivity index (χ1) is 11.8. The van der Waals surface area contributed by atoms with Gasteiger partial charge in [-0.1, -0.05) is 12.1 Å². The number of aliphatic hydroxyl groups is 1. The third-order valence-electron chi connectivity index (χ3n) is 3.32. The Hall–Kier alpha value is -2.87. The fraction of sp³-hybridized carbons (Fsp3) is 0.176. The third kappa shape index (κ3) is 4.36. The quantitative estimate of drug-likeness (QED) is 0.640.